The number of amides is 1. The Morgan fingerprint density at radius 3 is 2.89 bits per heavy atom. The highest BCUT2D eigenvalue weighted by Gasteiger charge is 2.29. The van der Waals surface area contributed by atoms with Crippen molar-refractivity contribution in [2.45, 2.75) is 32.7 Å². The number of carbonyl (C=O) groups is 1. The number of rotatable bonds is 3. The Morgan fingerprint density at radius 1 is 1.53 bits per heavy atom. The lowest BCUT2D eigenvalue weighted by Crippen LogP contribution is -2.34. The molecule has 2 N–H and O–H groups in total. The van der Waals surface area contributed by atoms with Gasteiger partial charge >= 0.3 is 0 Å². The van der Waals surface area contributed by atoms with Crippen molar-refractivity contribution in [3.63, 3.8) is 0 Å². The van der Waals surface area contributed by atoms with E-state index in [0.717, 1.165) is 11.1 Å². The summed E-state index contributed by atoms with van der Waals surface area (Å²) in [5, 5.41) is 11.8. The fourth-order valence-corrected chi connectivity index (χ4v) is 2.04. The molecule has 1 aromatic rings. The van der Waals surface area contributed by atoms with Crippen LogP contribution in [0.4, 0.5) is 0 Å². The number of hydrogen-bond donors (Lipinski definition) is 2. The average molecular weight is 257 g/mol. The van der Waals surface area contributed by atoms with Gasteiger partial charge in [-0.05, 0) is 50.3 Å². The van der Waals surface area contributed by atoms with Gasteiger partial charge in [0.15, 0.2) is 0 Å². The zero-order valence-corrected chi connectivity index (χ0v) is 11.4. The van der Waals surface area contributed by atoms with E-state index in [4.69, 9.17) is 5.11 Å². The minimum absolute atomic E-state index is 0.0496. The van der Waals surface area contributed by atoms with Crippen LogP contribution < -0.4 is 5.32 Å². The maximum atomic E-state index is 12.1. The van der Waals surface area contributed by atoms with Gasteiger partial charge in [-0.1, -0.05) is 17.9 Å². The molecule has 1 aliphatic rings. The molecule has 1 atom stereocenters. The Labute approximate surface area is 114 Å². The summed E-state index contributed by atoms with van der Waals surface area (Å²) in [7, 11) is 0. The summed E-state index contributed by atoms with van der Waals surface area (Å²) in [6, 6.07) is 5.72. The van der Waals surface area contributed by atoms with Gasteiger partial charge in [0.25, 0.3) is 5.91 Å². The van der Waals surface area contributed by atoms with Gasteiger partial charge < -0.3 is 10.4 Å². The third kappa shape index (κ3) is 3.59. The van der Waals surface area contributed by atoms with E-state index >= 15 is 0 Å². The Bertz CT molecular complexity index is 535. The number of aliphatic hydroxyl groups excluding tert-OH is 1. The summed E-state index contributed by atoms with van der Waals surface area (Å²) in [6.07, 6.45) is 2.42. The molecule has 100 valence electrons. The van der Waals surface area contributed by atoms with Crippen molar-refractivity contribution in [3.8, 4) is 11.8 Å². The molecule has 0 radical (unpaired) electrons. The molecule has 0 bridgehead atoms. The molecule has 0 spiro atoms. The molecule has 2 rings (SSSR count). The maximum Gasteiger partial charge on any atom is 0.251 e. The van der Waals surface area contributed by atoms with Crippen molar-refractivity contribution in [1.29, 1.82) is 0 Å². The predicted molar refractivity (Wildman–Crippen MR) is 74.8 cm³/mol. The van der Waals surface area contributed by atoms with Crippen LogP contribution in [-0.4, -0.2) is 23.7 Å². The van der Waals surface area contributed by atoms with Crippen molar-refractivity contribution in [1.82, 2.24) is 5.32 Å². The van der Waals surface area contributed by atoms with E-state index in [0.29, 0.717) is 11.5 Å². The zero-order chi connectivity index (χ0) is 13.8. The summed E-state index contributed by atoms with van der Waals surface area (Å²) in [4.78, 5) is 12.1. The van der Waals surface area contributed by atoms with Gasteiger partial charge in [0, 0.05) is 17.2 Å². The number of carbonyl (C=O) groups excluding carboxylic acids is 1. The molecule has 19 heavy (non-hydrogen) atoms. The van der Waals surface area contributed by atoms with Crippen LogP contribution >= 0.6 is 0 Å². The van der Waals surface area contributed by atoms with E-state index in [1.165, 1.54) is 12.8 Å². The van der Waals surface area contributed by atoms with Crippen molar-refractivity contribution in [2.24, 2.45) is 5.92 Å². The fraction of sp³-hybridized carbons (Fsp3) is 0.438. The second kappa shape index (κ2) is 5.90. The van der Waals surface area contributed by atoms with E-state index in [9.17, 15) is 4.79 Å². The third-order valence-corrected chi connectivity index (χ3v) is 3.49. The first-order valence-corrected chi connectivity index (χ1v) is 6.63. The molecule has 1 aliphatic carbocycles. The van der Waals surface area contributed by atoms with Gasteiger partial charge in [0.05, 0.1) is 0 Å². The smallest absolute Gasteiger partial charge is 0.251 e. The molecule has 3 nitrogen and oxygen atoms in total. The molecule has 1 saturated carbocycles. The topological polar surface area (TPSA) is 49.3 Å². The highest BCUT2D eigenvalue weighted by atomic mass is 16.2. The molecule has 0 heterocycles. The Morgan fingerprint density at radius 2 is 2.26 bits per heavy atom. The Hall–Kier alpha value is -1.79. The van der Waals surface area contributed by atoms with Crippen LogP contribution in [0.5, 0.6) is 0 Å². The van der Waals surface area contributed by atoms with Crippen molar-refractivity contribution >= 4 is 5.91 Å². The third-order valence-electron chi connectivity index (χ3n) is 3.49. The molecule has 1 unspecified atom stereocenters. The summed E-state index contributed by atoms with van der Waals surface area (Å²) < 4.78 is 0. The van der Waals surface area contributed by atoms with Crippen molar-refractivity contribution in [2.75, 3.05) is 6.61 Å². The van der Waals surface area contributed by atoms with Gasteiger partial charge in [-0.15, -0.1) is 0 Å². The summed E-state index contributed by atoms with van der Waals surface area (Å²) >= 11 is 0. The number of aryl methyl sites for hydroxylation is 1. The van der Waals surface area contributed by atoms with E-state index in [2.05, 4.69) is 24.1 Å². The standard InChI is InChI=1S/C16H19NO2/c1-11-5-6-15(10-14(11)4-3-9-18)16(19)17-12(2)13-7-8-13/h5-6,10,12-13,18H,7-9H2,1-2H3,(H,17,19). The number of benzene rings is 1. The fourth-order valence-electron chi connectivity index (χ4n) is 2.04. The van der Waals surface area contributed by atoms with Crippen LogP contribution in [0, 0.1) is 24.7 Å². The second-order valence-corrected chi connectivity index (χ2v) is 5.09. The molecular formula is C16H19NO2. The molecule has 0 aliphatic heterocycles. The largest absolute Gasteiger partial charge is 0.384 e. The first kappa shape index (κ1) is 13.6. The Balaban J connectivity index is 2.12. The monoisotopic (exact) mass is 257 g/mol. The minimum Gasteiger partial charge on any atom is -0.384 e. The minimum atomic E-state index is -0.172. The molecule has 0 aromatic heterocycles. The highest BCUT2D eigenvalue weighted by molar-refractivity contribution is 5.94. The predicted octanol–water partition coefficient (Wildman–Crippen LogP) is 1.87. The Kier molecular flexibility index (Phi) is 4.24. The number of hydrogen-bond acceptors (Lipinski definition) is 2. The molecule has 1 fully saturated rings. The average Bonchev–Trinajstić information content (AvgIpc) is 3.21. The molecule has 0 saturated heterocycles. The van der Waals surface area contributed by atoms with Crippen LogP contribution in [0.15, 0.2) is 18.2 Å². The molecule has 3 heteroatoms. The normalized spacial score (nSPS) is 15.3. The summed E-state index contributed by atoms with van der Waals surface area (Å²) in [5.41, 5.74) is 2.42. The van der Waals surface area contributed by atoms with Gasteiger partial charge in [-0.25, -0.2) is 0 Å². The van der Waals surface area contributed by atoms with Gasteiger partial charge in [-0.2, -0.15) is 0 Å². The summed E-state index contributed by atoms with van der Waals surface area (Å²) in [5.74, 6) is 6.07. The molecular weight excluding hydrogens is 238 g/mol. The number of nitrogens with one attached hydrogen (secondary N) is 1. The van der Waals surface area contributed by atoms with Gasteiger partial charge in [0.1, 0.15) is 6.61 Å². The van der Waals surface area contributed by atoms with Crippen LogP contribution in [0.3, 0.4) is 0 Å². The number of aliphatic hydroxyl groups is 1. The van der Waals surface area contributed by atoms with Crippen molar-refractivity contribution < 1.29 is 9.90 Å². The lowest BCUT2D eigenvalue weighted by molar-refractivity contribution is 0.0936. The zero-order valence-electron chi connectivity index (χ0n) is 11.4. The lowest BCUT2D eigenvalue weighted by Gasteiger charge is -2.13. The molecule has 1 amide bonds. The molecule has 1 aromatic carbocycles. The highest BCUT2D eigenvalue weighted by Crippen LogP contribution is 2.32. The van der Waals surface area contributed by atoms with Gasteiger partial charge in [-0.3, -0.25) is 4.79 Å². The van der Waals surface area contributed by atoms with Crippen LogP contribution in [0.2, 0.25) is 0 Å². The van der Waals surface area contributed by atoms with E-state index in [-0.39, 0.29) is 18.6 Å². The SMILES string of the molecule is Cc1ccc(C(=O)NC(C)C2CC2)cc1C#CCO. The van der Waals surface area contributed by atoms with E-state index < -0.39 is 0 Å². The van der Waals surface area contributed by atoms with E-state index in [1.54, 1.807) is 6.07 Å². The second-order valence-electron chi connectivity index (χ2n) is 5.09. The van der Waals surface area contributed by atoms with Crippen molar-refractivity contribution in [3.05, 3.63) is 34.9 Å². The summed E-state index contributed by atoms with van der Waals surface area (Å²) in [6.45, 7) is 3.82. The van der Waals surface area contributed by atoms with Gasteiger partial charge in [0.2, 0.25) is 0 Å². The van der Waals surface area contributed by atoms with Crippen LogP contribution in [0.1, 0.15) is 41.3 Å². The lowest BCUT2D eigenvalue weighted by atomic mass is 10.0. The first-order valence-electron chi connectivity index (χ1n) is 6.63. The van der Waals surface area contributed by atoms with Crippen LogP contribution in [-0.2, 0) is 0 Å². The quantitative estimate of drug-likeness (QED) is 0.812. The first-order chi connectivity index (χ1) is 9.11. The maximum absolute atomic E-state index is 12.1. The van der Waals surface area contributed by atoms with E-state index in [1.807, 2.05) is 19.1 Å². The van der Waals surface area contributed by atoms with Crippen LogP contribution in [0.25, 0.3) is 0 Å².